The number of hydrogen-bond acceptors (Lipinski definition) is 1. The van der Waals surface area contributed by atoms with Crippen LogP contribution in [0, 0.1) is 12.7 Å². The van der Waals surface area contributed by atoms with Crippen molar-refractivity contribution in [2.75, 3.05) is 0 Å². The summed E-state index contributed by atoms with van der Waals surface area (Å²) in [6.07, 6.45) is 0.591. The summed E-state index contributed by atoms with van der Waals surface area (Å²) in [5, 5.41) is 0. The second kappa shape index (κ2) is 6.16. The van der Waals surface area contributed by atoms with Crippen LogP contribution in [-0.2, 0) is 6.42 Å². The third kappa shape index (κ3) is 3.44. The van der Waals surface area contributed by atoms with Gasteiger partial charge in [-0.25, -0.2) is 4.39 Å². The van der Waals surface area contributed by atoms with Gasteiger partial charge >= 0.3 is 0 Å². The molecule has 0 aliphatic heterocycles. The molecule has 100 valence electrons. The minimum Gasteiger partial charge on any atom is -0.324 e. The first-order valence-electron chi connectivity index (χ1n) is 5.93. The molecule has 0 aliphatic carbocycles. The molecule has 0 bridgehead atoms. The summed E-state index contributed by atoms with van der Waals surface area (Å²) in [6, 6.07) is 10.9. The van der Waals surface area contributed by atoms with Gasteiger partial charge in [0.2, 0.25) is 0 Å². The molecule has 0 amide bonds. The zero-order valence-electron chi connectivity index (χ0n) is 10.5. The molecule has 0 fully saturated rings. The fourth-order valence-corrected chi connectivity index (χ4v) is 2.72. The van der Waals surface area contributed by atoms with Gasteiger partial charge in [-0.2, -0.15) is 0 Å². The highest BCUT2D eigenvalue weighted by Crippen LogP contribution is 2.27. The Kier molecular flexibility index (Phi) is 4.76. The maximum absolute atomic E-state index is 13.5. The molecule has 19 heavy (non-hydrogen) atoms. The van der Waals surface area contributed by atoms with E-state index in [0.717, 1.165) is 15.6 Å². The predicted molar refractivity (Wildman–Crippen MR) is 83.6 cm³/mol. The van der Waals surface area contributed by atoms with E-state index in [1.54, 1.807) is 6.07 Å². The molecule has 0 heterocycles. The summed E-state index contributed by atoms with van der Waals surface area (Å²) in [5.41, 5.74) is 9.28. The standard InChI is InChI=1S/C15H14Br2FN/c1-9-5-6-10(7-12(9)16)14(19)8-11-3-2-4-13(18)15(11)17/h2-7,14H,8,19H2,1H3. The van der Waals surface area contributed by atoms with Crippen molar-refractivity contribution in [1.29, 1.82) is 0 Å². The van der Waals surface area contributed by atoms with Crippen molar-refractivity contribution in [1.82, 2.24) is 0 Å². The minimum absolute atomic E-state index is 0.157. The largest absolute Gasteiger partial charge is 0.324 e. The van der Waals surface area contributed by atoms with Crippen molar-refractivity contribution in [2.24, 2.45) is 5.73 Å². The van der Waals surface area contributed by atoms with E-state index in [9.17, 15) is 4.39 Å². The van der Waals surface area contributed by atoms with Gasteiger partial charge in [-0.05, 0) is 58.1 Å². The van der Waals surface area contributed by atoms with Crippen LogP contribution in [0.2, 0.25) is 0 Å². The Labute approximate surface area is 129 Å². The Morgan fingerprint density at radius 1 is 1.21 bits per heavy atom. The molecule has 0 aromatic heterocycles. The van der Waals surface area contributed by atoms with E-state index < -0.39 is 0 Å². The van der Waals surface area contributed by atoms with Crippen molar-refractivity contribution in [3.63, 3.8) is 0 Å². The van der Waals surface area contributed by atoms with Gasteiger partial charge in [0.05, 0.1) is 4.47 Å². The number of hydrogen-bond donors (Lipinski definition) is 1. The molecule has 2 N–H and O–H groups in total. The van der Waals surface area contributed by atoms with E-state index in [1.165, 1.54) is 11.6 Å². The molecule has 2 aromatic carbocycles. The predicted octanol–water partition coefficient (Wildman–Crippen LogP) is 4.90. The third-order valence-corrected chi connectivity index (χ3v) is 4.84. The van der Waals surface area contributed by atoms with E-state index in [2.05, 4.69) is 31.9 Å². The summed E-state index contributed by atoms with van der Waals surface area (Å²) in [7, 11) is 0. The van der Waals surface area contributed by atoms with Gasteiger partial charge in [-0.1, -0.05) is 40.2 Å². The Hall–Kier alpha value is -0.710. The van der Waals surface area contributed by atoms with Crippen molar-refractivity contribution >= 4 is 31.9 Å². The normalized spacial score (nSPS) is 12.5. The maximum atomic E-state index is 13.5. The Morgan fingerprint density at radius 2 is 1.95 bits per heavy atom. The zero-order valence-corrected chi connectivity index (χ0v) is 13.6. The number of halogens is 3. The molecule has 0 spiro atoms. The van der Waals surface area contributed by atoms with Gasteiger partial charge in [0.25, 0.3) is 0 Å². The smallest absolute Gasteiger partial charge is 0.137 e. The van der Waals surface area contributed by atoms with Crippen LogP contribution in [0.1, 0.15) is 22.7 Å². The van der Waals surface area contributed by atoms with Gasteiger partial charge in [0.1, 0.15) is 5.82 Å². The summed E-state index contributed by atoms with van der Waals surface area (Å²) in [6.45, 7) is 2.03. The molecule has 2 rings (SSSR count). The third-order valence-electron chi connectivity index (χ3n) is 3.10. The van der Waals surface area contributed by atoms with Gasteiger partial charge in [0.15, 0.2) is 0 Å². The van der Waals surface area contributed by atoms with Crippen molar-refractivity contribution in [3.8, 4) is 0 Å². The quantitative estimate of drug-likeness (QED) is 0.797. The summed E-state index contributed by atoms with van der Waals surface area (Å²) in [5.74, 6) is -0.255. The Balaban J connectivity index is 2.23. The molecule has 0 aliphatic rings. The van der Waals surface area contributed by atoms with E-state index in [4.69, 9.17) is 5.73 Å². The summed E-state index contributed by atoms with van der Waals surface area (Å²) >= 11 is 6.77. The van der Waals surface area contributed by atoms with Gasteiger partial charge in [-0.15, -0.1) is 0 Å². The minimum atomic E-state index is -0.255. The molecule has 0 saturated heterocycles. The molecular weight excluding hydrogens is 373 g/mol. The van der Waals surface area contributed by atoms with Crippen LogP contribution in [-0.4, -0.2) is 0 Å². The van der Waals surface area contributed by atoms with Crippen LogP contribution in [0.15, 0.2) is 45.3 Å². The van der Waals surface area contributed by atoms with Crippen molar-refractivity contribution < 1.29 is 4.39 Å². The lowest BCUT2D eigenvalue weighted by molar-refractivity contribution is 0.614. The lowest BCUT2D eigenvalue weighted by Gasteiger charge is -2.14. The van der Waals surface area contributed by atoms with E-state index in [0.29, 0.717) is 10.9 Å². The highest BCUT2D eigenvalue weighted by molar-refractivity contribution is 9.10. The van der Waals surface area contributed by atoms with Crippen molar-refractivity contribution in [2.45, 2.75) is 19.4 Å². The van der Waals surface area contributed by atoms with Crippen LogP contribution in [0.25, 0.3) is 0 Å². The fraction of sp³-hybridized carbons (Fsp3) is 0.200. The number of benzene rings is 2. The zero-order chi connectivity index (χ0) is 14.0. The monoisotopic (exact) mass is 385 g/mol. The number of rotatable bonds is 3. The molecule has 4 heteroatoms. The summed E-state index contributed by atoms with van der Waals surface area (Å²) in [4.78, 5) is 0. The second-order valence-corrected chi connectivity index (χ2v) is 6.18. The molecule has 0 radical (unpaired) electrons. The van der Waals surface area contributed by atoms with Crippen LogP contribution in [0.3, 0.4) is 0 Å². The molecule has 1 nitrogen and oxygen atoms in total. The topological polar surface area (TPSA) is 26.0 Å². The van der Waals surface area contributed by atoms with Crippen molar-refractivity contribution in [3.05, 3.63) is 67.9 Å². The van der Waals surface area contributed by atoms with Crippen LogP contribution in [0.4, 0.5) is 4.39 Å². The molecule has 1 unspecified atom stereocenters. The highest BCUT2D eigenvalue weighted by Gasteiger charge is 2.12. The average Bonchev–Trinajstić information content (AvgIpc) is 2.38. The lowest BCUT2D eigenvalue weighted by Crippen LogP contribution is -2.14. The Bertz CT molecular complexity index is 599. The van der Waals surface area contributed by atoms with Crippen LogP contribution >= 0.6 is 31.9 Å². The number of aryl methyl sites for hydroxylation is 1. The lowest BCUT2D eigenvalue weighted by atomic mass is 9.99. The van der Waals surface area contributed by atoms with Gasteiger partial charge < -0.3 is 5.73 Å². The van der Waals surface area contributed by atoms with Crippen LogP contribution in [0.5, 0.6) is 0 Å². The second-order valence-electron chi connectivity index (χ2n) is 4.53. The SMILES string of the molecule is Cc1ccc(C(N)Cc2cccc(F)c2Br)cc1Br. The van der Waals surface area contributed by atoms with Gasteiger partial charge in [-0.3, -0.25) is 0 Å². The average molecular weight is 387 g/mol. The maximum Gasteiger partial charge on any atom is 0.137 e. The van der Waals surface area contributed by atoms with E-state index >= 15 is 0 Å². The van der Waals surface area contributed by atoms with Crippen LogP contribution < -0.4 is 5.73 Å². The fourth-order valence-electron chi connectivity index (χ4n) is 1.90. The number of nitrogens with two attached hydrogens (primary N) is 1. The first-order chi connectivity index (χ1) is 8.99. The summed E-state index contributed by atoms with van der Waals surface area (Å²) < 4.78 is 15.0. The first kappa shape index (κ1) is 14.7. The van der Waals surface area contributed by atoms with Gasteiger partial charge in [0, 0.05) is 10.5 Å². The molecular formula is C15H14Br2FN. The van der Waals surface area contributed by atoms with E-state index in [-0.39, 0.29) is 11.9 Å². The molecule has 0 saturated carbocycles. The molecule has 1 atom stereocenters. The molecule has 2 aromatic rings. The first-order valence-corrected chi connectivity index (χ1v) is 7.52. The highest BCUT2D eigenvalue weighted by atomic mass is 79.9. The Morgan fingerprint density at radius 3 is 2.63 bits per heavy atom. The van der Waals surface area contributed by atoms with E-state index in [1.807, 2.05) is 31.2 Å².